The third-order valence-corrected chi connectivity index (χ3v) is 5.02. The van der Waals surface area contributed by atoms with Gasteiger partial charge in [0.1, 0.15) is 0 Å². The summed E-state index contributed by atoms with van der Waals surface area (Å²) in [4.78, 5) is 2.56. The topological polar surface area (TPSA) is 15.3 Å². The first-order valence-corrected chi connectivity index (χ1v) is 7.49. The number of hydrogen-bond donors (Lipinski definition) is 1. The summed E-state index contributed by atoms with van der Waals surface area (Å²) in [5.41, 5.74) is 0. The van der Waals surface area contributed by atoms with Crippen LogP contribution in [0.2, 0.25) is 0 Å². The Morgan fingerprint density at radius 1 is 1.11 bits per heavy atom. The lowest BCUT2D eigenvalue weighted by Gasteiger charge is -2.30. The van der Waals surface area contributed by atoms with Crippen molar-refractivity contribution in [2.75, 3.05) is 19.6 Å². The van der Waals surface area contributed by atoms with Gasteiger partial charge in [-0.15, -0.1) is 0 Å². The second-order valence-electron chi connectivity index (χ2n) is 6.37. The van der Waals surface area contributed by atoms with Crippen molar-refractivity contribution in [3.05, 3.63) is 0 Å². The summed E-state index contributed by atoms with van der Waals surface area (Å²) in [6.45, 7) is 3.23. The van der Waals surface area contributed by atoms with Crippen molar-refractivity contribution < 1.29 is 8.78 Å². The molecule has 2 nitrogen and oxygen atoms in total. The summed E-state index contributed by atoms with van der Waals surface area (Å²) in [7, 11) is 0. The first-order chi connectivity index (χ1) is 8.64. The average Bonchev–Trinajstić information content (AvgIpc) is 2.87. The maximum absolute atomic E-state index is 13.3. The van der Waals surface area contributed by atoms with Gasteiger partial charge < -0.3 is 5.32 Å². The zero-order chi connectivity index (χ0) is 12.6. The van der Waals surface area contributed by atoms with E-state index in [0.717, 1.165) is 13.0 Å². The van der Waals surface area contributed by atoms with Crippen LogP contribution in [0.5, 0.6) is 0 Å². The lowest BCUT2D eigenvalue weighted by atomic mass is 9.86. The molecule has 0 spiro atoms. The molecule has 0 aromatic heterocycles. The third-order valence-electron chi connectivity index (χ3n) is 5.02. The maximum atomic E-state index is 13.3. The number of nitrogens with one attached hydrogen (secondary N) is 1. The van der Waals surface area contributed by atoms with E-state index in [1.165, 1.54) is 32.4 Å². The average molecular weight is 258 g/mol. The van der Waals surface area contributed by atoms with Gasteiger partial charge in [0.25, 0.3) is 0 Å². The summed E-state index contributed by atoms with van der Waals surface area (Å²) in [5, 5.41) is 3.59. The fourth-order valence-corrected chi connectivity index (χ4v) is 4.09. The van der Waals surface area contributed by atoms with Crippen LogP contribution in [-0.2, 0) is 0 Å². The molecule has 1 saturated carbocycles. The molecular formula is C14H24F2N2. The molecule has 3 fully saturated rings. The molecule has 0 aromatic rings. The van der Waals surface area contributed by atoms with E-state index >= 15 is 0 Å². The van der Waals surface area contributed by atoms with E-state index in [9.17, 15) is 8.78 Å². The van der Waals surface area contributed by atoms with Crippen LogP contribution in [0, 0.1) is 5.92 Å². The number of fused-ring (bicyclic) bond motifs is 1. The minimum Gasteiger partial charge on any atom is -0.312 e. The van der Waals surface area contributed by atoms with E-state index in [-0.39, 0.29) is 18.8 Å². The molecule has 2 aliphatic heterocycles. The van der Waals surface area contributed by atoms with E-state index in [1.54, 1.807) is 0 Å². The van der Waals surface area contributed by atoms with Crippen LogP contribution >= 0.6 is 0 Å². The van der Waals surface area contributed by atoms with Gasteiger partial charge in [-0.2, -0.15) is 0 Å². The Balaban J connectivity index is 1.46. The quantitative estimate of drug-likeness (QED) is 0.837. The van der Waals surface area contributed by atoms with Gasteiger partial charge in [-0.1, -0.05) is 0 Å². The Kier molecular flexibility index (Phi) is 3.59. The van der Waals surface area contributed by atoms with E-state index in [1.807, 2.05) is 0 Å². The molecule has 0 bridgehead atoms. The van der Waals surface area contributed by atoms with Gasteiger partial charge in [0, 0.05) is 31.5 Å². The molecule has 3 unspecified atom stereocenters. The number of hydrogen-bond acceptors (Lipinski definition) is 2. The minimum atomic E-state index is -2.40. The van der Waals surface area contributed by atoms with E-state index in [4.69, 9.17) is 0 Å². The zero-order valence-electron chi connectivity index (χ0n) is 11.0. The summed E-state index contributed by atoms with van der Waals surface area (Å²) >= 11 is 0. The standard InChI is InChI=1S/C14H24F2N2/c15-14(16)6-1-3-11(9-14)10-17-12-5-8-18-7-2-4-13(12)18/h11-13,17H,1-10H2. The Labute approximate surface area is 108 Å². The lowest BCUT2D eigenvalue weighted by Crippen LogP contribution is -2.42. The fourth-order valence-electron chi connectivity index (χ4n) is 4.09. The molecule has 0 amide bonds. The van der Waals surface area contributed by atoms with Crippen molar-refractivity contribution in [2.45, 2.75) is 63.0 Å². The van der Waals surface area contributed by atoms with Gasteiger partial charge >= 0.3 is 0 Å². The van der Waals surface area contributed by atoms with Crippen molar-refractivity contribution in [1.29, 1.82) is 0 Å². The molecule has 4 heteroatoms. The molecule has 1 N–H and O–H groups in total. The van der Waals surface area contributed by atoms with E-state index < -0.39 is 5.92 Å². The first kappa shape index (κ1) is 12.8. The molecule has 18 heavy (non-hydrogen) atoms. The van der Waals surface area contributed by atoms with Gasteiger partial charge in [0.2, 0.25) is 5.92 Å². The Morgan fingerprint density at radius 2 is 2.00 bits per heavy atom. The molecule has 0 radical (unpaired) electrons. The Morgan fingerprint density at radius 3 is 2.83 bits per heavy atom. The molecular weight excluding hydrogens is 234 g/mol. The smallest absolute Gasteiger partial charge is 0.248 e. The summed E-state index contributed by atoms with van der Waals surface area (Å²) < 4.78 is 26.7. The van der Waals surface area contributed by atoms with Gasteiger partial charge in [-0.25, -0.2) is 8.78 Å². The number of alkyl halides is 2. The third kappa shape index (κ3) is 2.69. The highest BCUT2D eigenvalue weighted by atomic mass is 19.3. The second kappa shape index (κ2) is 5.04. The molecule has 3 atom stereocenters. The monoisotopic (exact) mass is 258 g/mol. The van der Waals surface area contributed by atoms with Crippen LogP contribution in [0.25, 0.3) is 0 Å². The van der Waals surface area contributed by atoms with Gasteiger partial charge in [-0.05, 0) is 51.1 Å². The molecule has 3 rings (SSSR count). The highest BCUT2D eigenvalue weighted by molar-refractivity contribution is 4.96. The molecule has 2 heterocycles. The van der Waals surface area contributed by atoms with E-state index in [0.29, 0.717) is 18.5 Å². The van der Waals surface area contributed by atoms with Crippen LogP contribution in [0.1, 0.15) is 44.9 Å². The molecule has 2 saturated heterocycles. The zero-order valence-corrected chi connectivity index (χ0v) is 11.0. The molecule has 1 aliphatic carbocycles. The van der Waals surface area contributed by atoms with Crippen molar-refractivity contribution >= 4 is 0 Å². The predicted octanol–water partition coefficient (Wildman–Crippen LogP) is 2.64. The molecule has 3 aliphatic rings. The SMILES string of the molecule is FC1(F)CCCC(CNC2CCN3CCCC23)C1. The predicted molar refractivity (Wildman–Crippen MR) is 67.9 cm³/mol. The first-order valence-electron chi connectivity index (χ1n) is 7.49. The molecule has 0 aromatic carbocycles. The van der Waals surface area contributed by atoms with Crippen molar-refractivity contribution in [2.24, 2.45) is 5.92 Å². The van der Waals surface area contributed by atoms with Crippen molar-refractivity contribution in [1.82, 2.24) is 10.2 Å². The second-order valence-corrected chi connectivity index (χ2v) is 6.37. The minimum absolute atomic E-state index is 0.0983. The number of nitrogens with zero attached hydrogens (tertiary/aromatic N) is 1. The summed E-state index contributed by atoms with van der Waals surface area (Å²) in [6.07, 6.45) is 5.67. The largest absolute Gasteiger partial charge is 0.312 e. The number of rotatable bonds is 3. The van der Waals surface area contributed by atoms with Gasteiger partial charge in [-0.3, -0.25) is 4.90 Å². The van der Waals surface area contributed by atoms with Gasteiger partial charge in [0.05, 0.1) is 0 Å². The Hall–Kier alpha value is -0.220. The molecule has 104 valence electrons. The number of halogens is 2. The van der Waals surface area contributed by atoms with Crippen LogP contribution in [0.4, 0.5) is 8.78 Å². The normalized spacial score (nSPS) is 40.0. The highest BCUT2D eigenvalue weighted by Gasteiger charge is 2.39. The van der Waals surface area contributed by atoms with Crippen LogP contribution in [-0.4, -0.2) is 42.5 Å². The highest BCUT2D eigenvalue weighted by Crippen LogP contribution is 2.36. The summed E-state index contributed by atoms with van der Waals surface area (Å²) in [5.74, 6) is -2.22. The lowest BCUT2D eigenvalue weighted by molar-refractivity contribution is -0.0523. The van der Waals surface area contributed by atoms with Crippen LogP contribution in [0.3, 0.4) is 0 Å². The fraction of sp³-hybridized carbons (Fsp3) is 1.00. The maximum Gasteiger partial charge on any atom is 0.248 e. The van der Waals surface area contributed by atoms with Gasteiger partial charge in [0.15, 0.2) is 0 Å². The Bertz CT molecular complexity index is 296. The van der Waals surface area contributed by atoms with E-state index in [2.05, 4.69) is 10.2 Å². The van der Waals surface area contributed by atoms with Crippen LogP contribution < -0.4 is 5.32 Å². The summed E-state index contributed by atoms with van der Waals surface area (Å²) in [6, 6.07) is 1.25. The van der Waals surface area contributed by atoms with Crippen molar-refractivity contribution in [3.8, 4) is 0 Å². The van der Waals surface area contributed by atoms with Crippen molar-refractivity contribution in [3.63, 3.8) is 0 Å². The van der Waals surface area contributed by atoms with Crippen LogP contribution in [0.15, 0.2) is 0 Å².